The van der Waals surface area contributed by atoms with Crippen molar-refractivity contribution in [1.29, 1.82) is 0 Å². The molecule has 16 heavy (non-hydrogen) atoms. The van der Waals surface area contributed by atoms with Crippen molar-refractivity contribution in [2.45, 2.75) is 39.0 Å². The largest absolute Gasteiger partial charge is 0.384 e. The molecule has 0 bridgehead atoms. The SMILES string of the molecule is CCCC1(C(C)C)CNc2ccc(Cl)cc21. The van der Waals surface area contributed by atoms with Gasteiger partial charge in [-0.15, -0.1) is 0 Å². The third-order valence-corrected chi connectivity index (χ3v) is 4.15. The Morgan fingerprint density at radius 2 is 2.19 bits per heavy atom. The van der Waals surface area contributed by atoms with E-state index in [1.807, 2.05) is 6.07 Å². The maximum atomic E-state index is 6.13. The van der Waals surface area contributed by atoms with Crippen LogP contribution in [-0.2, 0) is 5.41 Å². The van der Waals surface area contributed by atoms with Crippen LogP contribution in [0.4, 0.5) is 5.69 Å². The molecule has 0 aliphatic carbocycles. The van der Waals surface area contributed by atoms with E-state index in [9.17, 15) is 0 Å². The molecule has 1 unspecified atom stereocenters. The van der Waals surface area contributed by atoms with Gasteiger partial charge >= 0.3 is 0 Å². The van der Waals surface area contributed by atoms with Crippen molar-refractivity contribution in [3.63, 3.8) is 0 Å². The highest BCUT2D eigenvalue weighted by Gasteiger charge is 2.40. The Labute approximate surface area is 103 Å². The monoisotopic (exact) mass is 237 g/mol. The molecule has 0 saturated heterocycles. The highest BCUT2D eigenvalue weighted by atomic mass is 35.5. The molecule has 1 nitrogen and oxygen atoms in total. The summed E-state index contributed by atoms with van der Waals surface area (Å²) in [5, 5.41) is 4.38. The number of hydrogen-bond donors (Lipinski definition) is 1. The molecular formula is C14H20ClN. The van der Waals surface area contributed by atoms with Crippen LogP contribution in [0, 0.1) is 5.92 Å². The van der Waals surface area contributed by atoms with Crippen molar-refractivity contribution < 1.29 is 0 Å². The van der Waals surface area contributed by atoms with E-state index >= 15 is 0 Å². The fraction of sp³-hybridized carbons (Fsp3) is 0.571. The third kappa shape index (κ3) is 1.71. The molecule has 1 atom stereocenters. The fourth-order valence-corrected chi connectivity index (χ4v) is 3.08. The van der Waals surface area contributed by atoms with E-state index in [2.05, 4.69) is 38.2 Å². The number of benzene rings is 1. The van der Waals surface area contributed by atoms with Crippen molar-refractivity contribution in [3.8, 4) is 0 Å². The van der Waals surface area contributed by atoms with Crippen LogP contribution in [0.3, 0.4) is 0 Å². The van der Waals surface area contributed by atoms with Crippen LogP contribution in [0.15, 0.2) is 18.2 Å². The Hall–Kier alpha value is -0.690. The van der Waals surface area contributed by atoms with Gasteiger partial charge in [-0.2, -0.15) is 0 Å². The number of rotatable bonds is 3. The number of nitrogens with one attached hydrogen (secondary N) is 1. The standard InChI is InChI=1S/C14H20ClN/c1-4-7-14(10(2)3)9-16-13-6-5-11(15)8-12(13)14/h5-6,8,10,16H,4,7,9H2,1-3H3. The number of fused-ring (bicyclic) bond motifs is 1. The van der Waals surface area contributed by atoms with Crippen LogP contribution in [0.25, 0.3) is 0 Å². The predicted molar refractivity (Wildman–Crippen MR) is 71.4 cm³/mol. The van der Waals surface area contributed by atoms with Gasteiger partial charge in [0, 0.05) is 22.7 Å². The molecule has 0 spiro atoms. The lowest BCUT2D eigenvalue weighted by Gasteiger charge is -2.33. The lowest BCUT2D eigenvalue weighted by molar-refractivity contribution is 0.311. The zero-order chi connectivity index (χ0) is 11.8. The van der Waals surface area contributed by atoms with E-state index < -0.39 is 0 Å². The van der Waals surface area contributed by atoms with E-state index in [-0.39, 0.29) is 5.41 Å². The van der Waals surface area contributed by atoms with E-state index in [0.717, 1.165) is 11.6 Å². The van der Waals surface area contributed by atoms with E-state index in [4.69, 9.17) is 11.6 Å². The summed E-state index contributed by atoms with van der Waals surface area (Å²) in [5.41, 5.74) is 2.96. The van der Waals surface area contributed by atoms with Gasteiger partial charge in [0.1, 0.15) is 0 Å². The Kier molecular flexibility index (Phi) is 3.16. The second-order valence-corrected chi connectivity index (χ2v) is 5.54. The Morgan fingerprint density at radius 1 is 1.44 bits per heavy atom. The summed E-state index contributed by atoms with van der Waals surface area (Å²) in [7, 11) is 0. The Balaban J connectivity index is 2.49. The van der Waals surface area contributed by atoms with Gasteiger partial charge in [0.05, 0.1) is 0 Å². The normalized spacial score (nSPS) is 23.3. The topological polar surface area (TPSA) is 12.0 Å². The van der Waals surface area contributed by atoms with Crippen molar-refractivity contribution in [2.24, 2.45) is 5.92 Å². The van der Waals surface area contributed by atoms with Gasteiger partial charge in [-0.05, 0) is 36.1 Å². The second kappa shape index (κ2) is 4.29. The zero-order valence-electron chi connectivity index (χ0n) is 10.3. The average molecular weight is 238 g/mol. The molecule has 1 aliphatic heterocycles. The first-order valence-corrected chi connectivity index (χ1v) is 6.52. The lowest BCUT2D eigenvalue weighted by atomic mass is 9.70. The van der Waals surface area contributed by atoms with Crippen molar-refractivity contribution in [2.75, 3.05) is 11.9 Å². The molecule has 1 heterocycles. The fourth-order valence-electron chi connectivity index (χ4n) is 2.90. The molecule has 0 radical (unpaired) electrons. The van der Waals surface area contributed by atoms with Crippen molar-refractivity contribution in [1.82, 2.24) is 0 Å². The summed E-state index contributed by atoms with van der Waals surface area (Å²) in [4.78, 5) is 0. The van der Waals surface area contributed by atoms with E-state index in [1.54, 1.807) is 0 Å². The number of hydrogen-bond acceptors (Lipinski definition) is 1. The predicted octanol–water partition coefficient (Wildman–Crippen LogP) is 4.46. The zero-order valence-corrected chi connectivity index (χ0v) is 11.1. The minimum atomic E-state index is 0.273. The van der Waals surface area contributed by atoms with Crippen molar-refractivity contribution in [3.05, 3.63) is 28.8 Å². The molecule has 1 N–H and O–H groups in total. The number of halogens is 1. The van der Waals surface area contributed by atoms with Crippen LogP contribution in [0.2, 0.25) is 5.02 Å². The summed E-state index contributed by atoms with van der Waals surface area (Å²) in [6.45, 7) is 7.93. The second-order valence-electron chi connectivity index (χ2n) is 5.10. The molecule has 88 valence electrons. The highest BCUT2D eigenvalue weighted by Crippen LogP contribution is 2.45. The quantitative estimate of drug-likeness (QED) is 0.819. The maximum absolute atomic E-state index is 6.13. The molecule has 2 rings (SSSR count). The number of anilines is 1. The highest BCUT2D eigenvalue weighted by molar-refractivity contribution is 6.30. The van der Waals surface area contributed by atoms with Gasteiger partial charge in [0.25, 0.3) is 0 Å². The molecule has 0 aromatic heterocycles. The molecule has 1 aliphatic rings. The molecule has 0 fully saturated rings. The third-order valence-electron chi connectivity index (χ3n) is 3.91. The summed E-state index contributed by atoms with van der Waals surface area (Å²) >= 11 is 6.13. The summed E-state index contributed by atoms with van der Waals surface area (Å²) < 4.78 is 0. The smallest absolute Gasteiger partial charge is 0.0410 e. The summed E-state index contributed by atoms with van der Waals surface area (Å²) in [6, 6.07) is 6.22. The van der Waals surface area contributed by atoms with Crippen LogP contribution >= 0.6 is 11.6 Å². The van der Waals surface area contributed by atoms with Gasteiger partial charge in [0.2, 0.25) is 0 Å². The Bertz CT molecular complexity index is 382. The summed E-state index contributed by atoms with van der Waals surface area (Å²) in [6.07, 6.45) is 2.44. The van der Waals surface area contributed by atoms with Crippen LogP contribution in [0.1, 0.15) is 39.2 Å². The molecular weight excluding hydrogens is 218 g/mol. The lowest BCUT2D eigenvalue weighted by Crippen LogP contribution is -2.34. The first-order valence-electron chi connectivity index (χ1n) is 6.14. The maximum Gasteiger partial charge on any atom is 0.0410 e. The molecule has 0 saturated carbocycles. The minimum Gasteiger partial charge on any atom is -0.384 e. The van der Waals surface area contributed by atoms with Gasteiger partial charge in [-0.25, -0.2) is 0 Å². The average Bonchev–Trinajstić information content (AvgIpc) is 2.59. The van der Waals surface area contributed by atoms with Crippen molar-refractivity contribution >= 4 is 17.3 Å². The van der Waals surface area contributed by atoms with Gasteiger partial charge in [0.15, 0.2) is 0 Å². The Morgan fingerprint density at radius 3 is 2.81 bits per heavy atom. The van der Waals surface area contributed by atoms with Gasteiger partial charge in [-0.1, -0.05) is 38.8 Å². The van der Waals surface area contributed by atoms with E-state index in [1.165, 1.54) is 24.1 Å². The van der Waals surface area contributed by atoms with Crippen LogP contribution in [-0.4, -0.2) is 6.54 Å². The molecule has 0 amide bonds. The van der Waals surface area contributed by atoms with Crippen LogP contribution < -0.4 is 5.32 Å². The molecule has 2 heteroatoms. The first kappa shape index (κ1) is 11.8. The minimum absolute atomic E-state index is 0.273. The summed E-state index contributed by atoms with van der Waals surface area (Å²) in [5.74, 6) is 0.639. The first-order chi connectivity index (χ1) is 7.60. The van der Waals surface area contributed by atoms with Gasteiger partial charge < -0.3 is 5.32 Å². The van der Waals surface area contributed by atoms with Crippen LogP contribution in [0.5, 0.6) is 0 Å². The molecule has 1 aromatic rings. The van der Waals surface area contributed by atoms with E-state index in [0.29, 0.717) is 5.92 Å². The van der Waals surface area contributed by atoms with Gasteiger partial charge in [-0.3, -0.25) is 0 Å². The molecule has 1 aromatic carbocycles.